The molecule has 0 amide bonds. The van der Waals surface area contributed by atoms with E-state index >= 15 is 0 Å². The first-order valence-electron chi connectivity index (χ1n) is 6.81. The largest absolute Gasteiger partial charge is 0.394 e. The van der Waals surface area contributed by atoms with Gasteiger partial charge in [-0.05, 0) is 38.5 Å². The number of aliphatic hydroxyl groups excluding tert-OH is 2. The van der Waals surface area contributed by atoms with Gasteiger partial charge in [-0.15, -0.1) is 0 Å². The second-order valence-electron chi connectivity index (χ2n) is 5.67. The van der Waals surface area contributed by atoms with Crippen molar-refractivity contribution in [1.29, 1.82) is 0 Å². The molecule has 1 aliphatic heterocycles. The molecule has 1 spiro atoms. The summed E-state index contributed by atoms with van der Waals surface area (Å²) in [6, 6.07) is 0.364. The van der Waals surface area contributed by atoms with Crippen LogP contribution in [0.5, 0.6) is 0 Å². The maximum Gasteiger partial charge on any atom is 0.0697 e. The fourth-order valence-electron chi connectivity index (χ4n) is 2.97. The van der Waals surface area contributed by atoms with Crippen molar-refractivity contribution in [3.63, 3.8) is 0 Å². The molecule has 1 saturated heterocycles. The average molecular weight is 243 g/mol. The van der Waals surface area contributed by atoms with Gasteiger partial charge in [0.25, 0.3) is 0 Å². The lowest BCUT2D eigenvalue weighted by atomic mass is 9.73. The maximum atomic E-state index is 9.45. The van der Waals surface area contributed by atoms with Gasteiger partial charge in [-0.25, -0.2) is 0 Å². The molecule has 0 aromatic heterocycles. The highest BCUT2D eigenvalue weighted by Crippen LogP contribution is 2.42. The molecule has 100 valence electrons. The quantitative estimate of drug-likeness (QED) is 0.669. The normalized spacial score (nSPS) is 28.1. The van der Waals surface area contributed by atoms with Crippen molar-refractivity contribution in [2.45, 2.75) is 62.6 Å². The Morgan fingerprint density at radius 2 is 2.06 bits per heavy atom. The molecular weight excluding hydrogens is 218 g/mol. The first-order chi connectivity index (χ1) is 8.17. The van der Waals surface area contributed by atoms with Crippen molar-refractivity contribution in [3.05, 3.63) is 0 Å². The minimum absolute atomic E-state index is 0.00957. The van der Waals surface area contributed by atoms with E-state index in [9.17, 15) is 10.2 Å². The molecule has 1 aliphatic carbocycles. The summed E-state index contributed by atoms with van der Waals surface area (Å²) in [5.41, 5.74) is -0.409. The Morgan fingerprint density at radius 3 is 2.53 bits per heavy atom. The van der Waals surface area contributed by atoms with E-state index in [2.05, 4.69) is 5.32 Å². The molecule has 2 aliphatic rings. The molecule has 1 heterocycles. The first kappa shape index (κ1) is 13.3. The number of nitrogens with one attached hydrogen (secondary N) is 1. The van der Waals surface area contributed by atoms with E-state index in [4.69, 9.17) is 4.74 Å². The van der Waals surface area contributed by atoms with Crippen molar-refractivity contribution in [1.82, 2.24) is 5.32 Å². The Labute approximate surface area is 103 Å². The zero-order valence-corrected chi connectivity index (χ0v) is 10.7. The Kier molecular flexibility index (Phi) is 4.08. The summed E-state index contributed by atoms with van der Waals surface area (Å²) in [6.45, 7) is 2.78. The van der Waals surface area contributed by atoms with Gasteiger partial charge in [-0.1, -0.05) is 6.92 Å². The summed E-state index contributed by atoms with van der Waals surface area (Å²) < 4.78 is 5.88. The van der Waals surface area contributed by atoms with Gasteiger partial charge in [0, 0.05) is 12.6 Å². The lowest BCUT2D eigenvalue weighted by Gasteiger charge is -2.49. The second kappa shape index (κ2) is 5.22. The SMILES string of the molecule is CCC(CO)(CO)NC1CCOC2(CCC2)C1. The molecule has 0 bridgehead atoms. The molecule has 0 aromatic carbocycles. The zero-order chi connectivity index (χ0) is 12.4. The summed E-state index contributed by atoms with van der Waals surface area (Å²) in [5.74, 6) is 0. The third kappa shape index (κ3) is 2.65. The first-order valence-corrected chi connectivity index (χ1v) is 6.81. The topological polar surface area (TPSA) is 61.7 Å². The van der Waals surface area contributed by atoms with Crippen LogP contribution in [0.4, 0.5) is 0 Å². The Bertz CT molecular complexity index is 241. The summed E-state index contributed by atoms with van der Waals surface area (Å²) >= 11 is 0. The predicted molar refractivity (Wildman–Crippen MR) is 65.9 cm³/mol. The van der Waals surface area contributed by atoms with E-state index in [0.29, 0.717) is 6.04 Å². The third-order valence-corrected chi connectivity index (χ3v) is 4.55. The van der Waals surface area contributed by atoms with Gasteiger partial charge in [0.1, 0.15) is 0 Å². The summed E-state index contributed by atoms with van der Waals surface area (Å²) in [5, 5.41) is 22.4. The van der Waals surface area contributed by atoms with E-state index in [1.165, 1.54) is 19.3 Å². The van der Waals surface area contributed by atoms with Crippen LogP contribution in [0.25, 0.3) is 0 Å². The zero-order valence-electron chi connectivity index (χ0n) is 10.7. The lowest BCUT2D eigenvalue weighted by molar-refractivity contribution is -0.139. The third-order valence-electron chi connectivity index (χ3n) is 4.55. The minimum atomic E-state index is -0.521. The van der Waals surface area contributed by atoms with Gasteiger partial charge in [0.2, 0.25) is 0 Å². The molecule has 1 atom stereocenters. The molecule has 4 heteroatoms. The molecule has 2 rings (SSSR count). The Morgan fingerprint density at radius 1 is 1.35 bits per heavy atom. The highest BCUT2D eigenvalue weighted by atomic mass is 16.5. The molecule has 4 nitrogen and oxygen atoms in total. The van der Waals surface area contributed by atoms with E-state index in [1.807, 2.05) is 6.92 Å². The summed E-state index contributed by atoms with van der Waals surface area (Å²) in [7, 11) is 0. The van der Waals surface area contributed by atoms with Crippen molar-refractivity contribution < 1.29 is 14.9 Å². The lowest BCUT2D eigenvalue weighted by Crippen LogP contribution is -2.59. The molecular formula is C13H25NO3. The monoisotopic (exact) mass is 243 g/mol. The highest BCUT2D eigenvalue weighted by Gasteiger charge is 2.44. The maximum absolute atomic E-state index is 9.45. The van der Waals surface area contributed by atoms with Crippen LogP contribution in [-0.4, -0.2) is 47.2 Å². The van der Waals surface area contributed by atoms with E-state index < -0.39 is 5.54 Å². The van der Waals surface area contributed by atoms with E-state index in [0.717, 1.165) is 25.9 Å². The van der Waals surface area contributed by atoms with Gasteiger partial charge in [-0.3, -0.25) is 0 Å². The number of hydrogen-bond donors (Lipinski definition) is 3. The average Bonchev–Trinajstić information content (AvgIpc) is 2.35. The van der Waals surface area contributed by atoms with Crippen LogP contribution in [-0.2, 0) is 4.74 Å². The number of rotatable bonds is 5. The number of aliphatic hydroxyl groups is 2. The Balaban J connectivity index is 1.93. The van der Waals surface area contributed by atoms with Gasteiger partial charge in [0.05, 0.1) is 24.4 Å². The van der Waals surface area contributed by atoms with Gasteiger partial charge in [-0.2, -0.15) is 0 Å². The number of ether oxygens (including phenoxy) is 1. The fraction of sp³-hybridized carbons (Fsp3) is 1.00. The summed E-state index contributed by atoms with van der Waals surface area (Å²) in [6.07, 6.45) is 6.35. The molecule has 0 aromatic rings. The molecule has 2 fully saturated rings. The van der Waals surface area contributed by atoms with Crippen LogP contribution < -0.4 is 5.32 Å². The van der Waals surface area contributed by atoms with Crippen LogP contribution in [0.15, 0.2) is 0 Å². The fourth-order valence-corrected chi connectivity index (χ4v) is 2.97. The van der Waals surface area contributed by atoms with Crippen LogP contribution in [0.1, 0.15) is 45.4 Å². The number of hydrogen-bond acceptors (Lipinski definition) is 4. The minimum Gasteiger partial charge on any atom is -0.394 e. The van der Waals surface area contributed by atoms with Crippen molar-refractivity contribution in [3.8, 4) is 0 Å². The van der Waals surface area contributed by atoms with Crippen molar-refractivity contribution in [2.75, 3.05) is 19.8 Å². The smallest absolute Gasteiger partial charge is 0.0697 e. The van der Waals surface area contributed by atoms with Crippen LogP contribution in [0.3, 0.4) is 0 Å². The van der Waals surface area contributed by atoms with Crippen molar-refractivity contribution >= 4 is 0 Å². The Hall–Kier alpha value is -0.160. The standard InChI is InChI=1S/C13H25NO3/c1-2-12(9-15,10-16)14-11-4-7-17-13(8-11)5-3-6-13/h11,14-16H,2-10H2,1H3. The second-order valence-corrected chi connectivity index (χ2v) is 5.67. The molecule has 1 unspecified atom stereocenters. The molecule has 17 heavy (non-hydrogen) atoms. The highest BCUT2D eigenvalue weighted by molar-refractivity contribution is 4.99. The summed E-state index contributed by atoms with van der Waals surface area (Å²) in [4.78, 5) is 0. The molecule has 0 radical (unpaired) electrons. The van der Waals surface area contributed by atoms with Gasteiger partial charge >= 0.3 is 0 Å². The van der Waals surface area contributed by atoms with Crippen LogP contribution in [0.2, 0.25) is 0 Å². The molecule has 1 saturated carbocycles. The van der Waals surface area contributed by atoms with Crippen LogP contribution in [0, 0.1) is 0 Å². The van der Waals surface area contributed by atoms with E-state index in [-0.39, 0.29) is 18.8 Å². The van der Waals surface area contributed by atoms with Gasteiger partial charge in [0.15, 0.2) is 0 Å². The molecule has 3 N–H and O–H groups in total. The predicted octanol–water partition coefficient (Wildman–Crippen LogP) is 0.811. The van der Waals surface area contributed by atoms with Gasteiger partial charge < -0.3 is 20.3 Å². The van der Waals surface area contributed by atoms with Crippen LogP contribution >= 0.6 is 0 Å². The van der Waals surface area contributed by atoms with E-state index in [1.54, 1.807) is 0 Å². The van der Waals surface area contributed by atoms with Crippen molar-refractivity contribution in [2.24, 2.45) is 0 Å².